The Hall–Kier alpha value is -4.83. The van der Waals surface area contributed by atoms with Gasteiger partial charge in [-0.3, -0.25) is 18.8 Å². The summed E-state index contributed by atoms with van der Waals surface area (Å²) in [5, 5.41) is 30.7. The van der Waals surface area contributed by atoms with Crippen LogP contribution in [0.4, 0.5) is 10.1 Å². The average molecular weight is 536 g/mol. The van der Waals surface area contributed by atoms with E-state index in [4.69, 9.17) is 9.26 Å². The molecule has 1 amide bonds. The summed E-state index contributed by atoms with van der Waals surface area (Å²) in [5.74, 6) is -3.53. The second kappa shape index (κ2) is 11.3. The zero-order valence-electron chi connectivity index (χ0n) is 21.7. The molecule has 0 spiro atoms. The lowest BCUT2D eigenvalue weighted by Gasteiger charge is -2.27. The Morgan fingerprint density at radius 1 is 1.33 bits per heavy atom. The van der Waals surface area contributed by atoms with Gasteiger partial charge < -0.3 is 19.7 Å². The van der Waals surface area contributed by atoms with Crippen LogP contribution >= 0.6 is 0 Å². The van der Waals surface area contributed by atoms with Crippen molar-refractivity contribution < 1.29 is 23.6 Å². The van der Waals surface area contributed by atoms with Crippen molar-refractivity contribution >= 4 is 11.6 Å². The zero-order chi connectivity index (χ0) is 28.3. The minimum absolute atomic E-state index is 0.121. The highest BCUT2D eigenvalue weighted by molar-refractivity contribution is 6.04. The summed E-state index contributed by atoms with van der Waals surface area (Å²) >= 11 is 0. The van der Waals surface area contributed by atoms with E-state index >= 15 is 0 Å². The van der Waals surface area contributed by atoms with Crippen LogP contribution in [0.5, 0.6) is 5.75 Å². The number of ether oxygens (including phenoxy) is 1. The van der Waals surface area contributed by atoms with Crippen molar-refractivity contribution in [2.75, 3.05) is 19.0 Å². The van der Waals surface area contributed by atoms with E-state index in [2.05, 4.69) is 26.6 Å². The highest BCUT2D eigenvalue weighted by atomic mass is 19.1. The van der Waals surface area contributed by atoms with Crippen LogP contribution in [-0.2, 0) is 18.3 Å². The minimum Gasteiger partial charge on any atom is -0.501 e. The van der Waals surface area contributed by atoms with Gasteiger partial charge in [0.25, 0.3) is 11.5 Å². The van der Waals surface area contributed by atoms with Crippen LogP contribution in [0.15, 0.2) is 46.2 Å². The van der Waals surface area contributed by atoms with Crippen molar-refractivity contribution in [3.63, 3.8) is 0 Å². The fraction of sp³-hybridized carbons (Fsp3) is 0.308. The Kier molecular flexibility index (Phi) is 7.87. The molecule has 3 aromatic heterocycles. The van der Waals surface area contributed by atoms with Gasteiger partial charge in [0.05, 0.1) is 37.2 Å². The number of rotatable bonds is 9. The van der Waals surface area contributed by atoms with Crippen LogP contribution in [0.3, 0.4) is 0 Å². The number of hydrogen-bond donors (Lipinski definition) is 2. The minimum atomic E-state index is -0.856. The summed E-state index contributed by atoms with van der Waals surface area (Å²) < 4.78 is 27.2. The van der Waals surface area contributed by atoms with Crippen LogP contribution < -0.4 is 10.9 Å². The number of aromatic hydroxyl groups is 1. The molecule has 39 heavy (non-hydrogen) atoms. The molecule has 2 N–H and O–H groups in total. The molecule has 0 aliphatic rings. The molecule has 3 heterocycles. The average Bonchev–Trinajstić information content (AvgIpc) is 3.56. The molecule has 13 heteroatoms. The number of carbonyl (C=O) groups excluding carboxylic acids is 1. The maximum absolute atomic E-state index is 14.5. The Labute approximate surface area is 222 Å². The number of aromatic nitrogens is 5. The molecule has 0 unspecified atom stereocenters. The van der Waals surface area contributed by atoms with Gasteiger partial charge in [-0.1, -0.05) is 12.1 Å². The molecule has 0 radical (unpaired) electrons. The number of nitrogens with one attached hydrogen (secondary N) is 1. The van der Waals surface area contributed by atoms with E-state index in [1.165, 1.54) is 37.7 Å². The Morgan fingerprint density at radius 2 is 2.10 bits per heavy atom. The van der Waals surface area contributed by atoms with Crippen molar-refractivity contribution in [3.05, 3.63) is 86.9 Å². The normalized spacial score (nSPS) is 12.6. The maximum Gasteiger partial charge on any atom is 0.296 e. The Morgan fingerprint density at radius 3 is 2.77 bits per heavy atom. The zero-order valence-corrected chi connectivity index (χ0v) is 21.7. The topological polar surface area (TPSA) is 161 Å². The molecular formula is C26H26FN7O5. The van der Waals surface area contributed by atoms with Crippen LogP contribution in [0.25, 0.3) is 0 Å². The van der Waals surface area contributed by atoms with Crippen LogP contribution in [-0.4, -0.2) is 49.2 Å². The number of benzene rings is 1. The third-order valence-electron chi connectivity index (χ3n) is 6.57. The van der Waals surface area contributed by atoms with Crippen LogP contribution in [0.1, 0.15) is 57.5 Å². The molecule has 4 rings (SSSR count). The number of nitriles is 1. The summed E-state index contributed by atoms with van der Waals surface area (Å²) in [6.45, 7) is 4.44. The predicted molar refractivity (Wildman–Crippen MR) is 136 cm³/mol. The van der Waals surface area contributed by atoms with Gasteiger partial charge >= 0.3 is 0 Å². The SMILES string of the molecule is COCCn1ncc([C@@H](c2cc(F)ccc2C#N)[C@@H](C)c2nc(C(=O)Nc3cnoc3)c(O)c(=O)n2C)c1C. The number of carbonyl (C=O) groups is 1. The molecule has 1 aromatic carbocycles. The number of anilines is 1. The summed E-state index contributed by atoms with van der Waals surface area (Å²) in [5.41, 5.74) is 0.834. The van der Waals surface area contributed by atoms with E-state index in [-0.39, 0.29) is 17.1 Å². The quantitative estimate of drug-likeness (QED) is 0.328. The first kappa shape index (κ1) is 27.2. The largest absolute Gasteiger partial charge is 0.501 e. The molecule has 2 atom stereocenters. The fourth-order valence-electron chi connectivity index (χ4n) is 4.55. The lowest BCUT2D eigenvalue weighted by Crippen LogP contribution is -2.29. The standard InChI is InChI=1S/C26H26FN7O5/c1-14(24-32-22(23(35)26(37)33(24)3)25(36)31-18-11-30-39-13-18)21(19-9-17(27)6-5-16(19)10-28)20-12-29-34(15(20)2)7-8-38-4/h5-6,9,11-14,21,35H,7-8H2,1-4H3,(H,31,36)/t14-,21-/m1/s1. The molecule has 0 saturated carbocycles. The van der Waals surface area contributed by atoms with Crippen molar-refractivity contribution in [2.24, 2.45) is 7.05 Å². The van der Waals surface area contributed by atoms with E-state index in [1.54, 1.807) is 24.9 Å². The number of methoxy groups -OCH3 is 1. The van der Waals surface area contributed by atoms with Gasteiger partial charge in [0.2, 0.25) is 5.75 Å². The molecular weight excluding hydrogens is 509 g/mol. The first-order valence-electron chi connectivity index (χ1n) is 11.9. The number of halogens is 1. The number of amides is 1. The Bertz CT molecular complexity index is 1600. The van der Waals surface area contributed by atoms with Crippen molar-refractivity contribution in [1.82, 2.24) is 24.5 Å². The smallest absolute Gasteiger partial charge is 0.296 e. The highest BCUT2D eigenvalue weighted by Crippen LogP contribution is 2.40. The number of nitrogens with zero attached hydrogens (tertiary/aromatic N) is 6. The predicted octanol–water partition coefficient (Wildman–Crippen LogP) is 2.82. The molecule has 0 aliphatic heterocycles. The summed E-state index contributed by atoms with van der Waals surface area (Å²) in [6.07, 6.45) is 4.04. The van der Waals surface area contributed by atoms with Crippen molar-refractivity contribution in [2.45, 2.75) is 32.2 Å². The second-order valence-corrected chi connectivity index (χ2v) is 8.91. The molecule has 4 aromatic rings. The monoisotopic (exact) mass is 535 g/mol. The molecule has 0 bridgehead atoms. The molecule has 202 valence electrons. The van der Waals surface area contributed by atoms with E-state index in [0.29, 0.717) is 24.3 Å². The second-order valence-electron chi connectivity index (χ2n) is 8.91. The lowest BCUT2D eigenvalue weighted by molar-refractivity contribution is 0.101. The third-order valence-corrected chi connectivity index (χ3v) is 6.57. The van der Waals surface area contributed by atoms with Crippen LogP contribution in [0, 0.1) is 24.1 Å². The first-order chi connectivity index (χ1) is 18.7. The van der Waals surface area contributed by atoms with E-state index in [9.17, 15) is 24.3 Å². The van der Waals surface area contributed by atoms with Gasteiger partial charge in [-0.15, -0.1) is 0 Å². The van der Waals surface area contributed by atoms with E-state index < -0.39 is 40.6 Å². The van der Waals surface area contributed by atoms with Crippen molar-refractivity contribution in [3.8, 4) is 11.8 Å². The van der Waals surface area contributed by atoms with E-state index in [1.807, 2.05) is 6.92 Å². The van der Waals surface area contributed by atoms with Gasteiger partial charge in [-0.2, -0.15) is 10.4 Å². The molecule has 0 saturated heterocycles. The van der Waals surface area contributed by atoms with Gasteiger partial charge in [-0.25, -0.2) is 9.37 Å². The van der Waals surface area contributed by atoms with E-state index in [0.717, 1.165) is 10.3 Å². The summed E-state index contributed by atoms with van der Waals surface area (Å²) in [6, 6.07) is 5.96. The van der Waals surface area contributed by atoms with Crippen LogP contribution in [0.2, 0.25) is 0 Å². The van der Waals surface area contributed by atoms with Gasteiger partial charge in [-0.05, 0) is 30.7 Å². The maximum atomic E-state index is 14.5. The summed E-state index contributed by atoms with van der Waals surface area (Å²) in [7, 11) is 2.98. The third kappa shape index (κ3) is 5.27. The fourth-order valence-corrected chi connectivity index (χ4v) is 4.55. The highest BCUT2D eigenvalue weighted by Gasteiger charge is 2.33. The van der Waals surface area contributed by atoms with Gasteiger partial charge in [0.15, 0.2) is 5.69 Å². The van der Waals surface area contributed by atoms with Crippen molar-refractivity contribution in [1.29, 1.82) is 5.26 Å². The Balaban J connectivity index is 1.89. The first-order valence-corrected chi connectivity index (χ1v) is 11.9. The summed E-state index contributed by atoms with van der Waals surface area (Å²) in [4.78, 5) is 30.3. The lowest BCUT2D eigenvalue weighted by atomic mass is 9.79. The number of hydrogen-bond acceptors (Lipinski definition) is 9. The molecule has 0 fully saturated rings. The molecule has 12 nitrogen and oxygen atoms in total. The molecule has 0 aliphatic carbocycles. The van der Waals surface area contributed by atoms with Gasteiger partial charge in [0, 0.05) is 37.3 Å². The van der Waals surface area contributed by atoms with Gasteiger partial charge in [0.1, 0.15) is 23.6 Å².